The molecule has 0 bridgehead atoms. The lowest BCUT2D eigenvalue weighted by molar-refractivity contribution is -0.385. The van der Waals surface area contributed by atoms with Crippen LogP contribution in [0.25, 0.3) is 6.08 Å². The second kappa shape index (κ2) is 8.28. The Hall–Kier alpha value is -2.77. The molecule has 1 aromatic carbocycles. The Morgan fingerprint density at radius 2 is 2.04 bits per heavy atom. The first-order valence-corrected chi connectivity index (χ1v) is 9.22. The van der Waals surface area contributed by atoms with Crippen LogP contribution in [0.4, 0.5) is 16.2 Å². The van der Waals surface area contributed by atoms with Gasteiger partial charge in [-0.25, -0.2) is 4.79 Å². The Morgan fingerprint density at radius 1 is 1.30 bits per heavy atom. The van der Waals surface area contributed by atoms with Gasteiger partial charge in [-0.1, -0.05) is 12.7 Å². The van der Waals surface area contributed by atoms with Gasteiger partial charge in [0, 0.05) is 49.1 Å². The molecular formula is C19H25N3O5. The summed E-state index contributed by atoms with van der Waals surface area (Å²) in [4.78, 5) is 27.0. The third-order valence-electron chi connectivity index (χ3n) is 5.24. The van der Waals surface area contributed by atoms with E-state index in [0.717, 1.165) is 51.0 Å². The molecule has 0 radical (unpaired) electrons. The number of carbonyl (C=O) groups is 1. The minimum Gasteiger partial charge on any atom is -0.490 e. The first-order valence-electron chi connectivity index (χ1n) is 9.22. The predicted octanol–water partition coefficient (Wildman–Crippen LogP) is 3.45. The molecule has 8 nitrogen and oxygen atoms in total. The van der Waals surface area contributed by atoms with Crippen LogP contribution < -0.4 is 9.64 Å². The number of anilines is 1. The van der Waals surface area contributed by atoms with Gasteiger partial charge in [0.25, 0.3) is 0 Å². The molecule has 0 aliphatic carbocycles. The Kier molecular flexibility index (Phi) is 5.83. The van der Waals surface area contributed by atoms with Gasteiger partial charge >= 0.3 is 11.8 Å². The zero-order chi connectivity index (χ0) is 19.4. The minimum absolute atomic E-state index is 0.0710. The largest absolute Gasteiger partial charge is 0.490 e. The molecule has 27 heavy (non-hydrogen) atoms. The molecule has 0 aromatic heterocycles. The molecular weight excluding hydrogens is 350 g/mol. The molecule has 0 unspecified atom stereocenters. The number of hydrogen-bond donors (Lipinski definition) is 0. The molecule has 0 atom stereocenters. The minimum atomic E-state index is -0.452. The van der Waals surface area contributed by atoms with Gasteiger partial charge in [0.15, 0.2) is 5.75 Å². The van der Waals surface area contributed by atoms with E-state index in [1.807, 2.05) is 4.90 Å². The van der Waals surface area contributed by atoms with Crippen molar-refractivity contribution < 1.29 is 19.2 Å². The van der Waals surface area contributed by atoms with Crippen LogP contribution in [-0.4, -0.2) is 55.3 Å². The van der Waals surface area contributed by atoms with Crippen molar-refractivity contribution >= 4 is 23.5 Å². The lowest BCUT2D eigenvalue weighted by atomic mass is 10.0. The van der Waals surface area contributed by atoms with E-state index in [1.54, 1.807) is 12.1 Å². The summed E-state index contributed by atoms with van der Waals surface area (Å²) in [6.45, 7) is 6.53. The van der Waals surface area contributed by atoms with E-state index in [-0.39, 0.29) is 23.6 Å². The number of hydrogen-bond acceptors (Lipinski definition) is 6. The molecule has 8 heteroatoms. The first-order chi connectivity index (χ1) is 13.0. The van der Waals surface area contributed by atoms with E-state index in [2.05, 4.69) is 11.5 Å². The van der Waals surface area contributed by atoms with E-state index in [0.29, 0.717) is 12.2 Å². The van der Waals surface area contributed by atoms with Crippen LogP contribution >= 0.6 is 0 Å². The van der Waals surface area contributed by atoms with E-state index < -0.39 is 4.92 Å². The fraction of sp³-hybridized carbons (Fsp3) is 0.526. The van der Waals surface area contributed by atoms with Crippen LogP contribution in [0.2, 0.25) is 0 Å². The highest BCUT2D eigenvalue weighted by Gasteiger charge is 2.31. The fourth-order valence-electron chi connectivity index (χ4n) is 3.79. The number of amides is 1. The van der Waals surface area contributed by atoms with Crippen LogP contribution in [0.1, 0.15) is 31.2 Å². The molecule has 2 fully saturated rings. The average molecular weight is 375 g/mol. The molecule has 3 rings (SSSR count). The summed E-state index contributed by atoms with van der Waals surface area (Å²) in [5.74, 6) is 0.235. The molecule has 1 aromatic rings. The van der Waals surface area contributed by atoms with Crippen LogP contribution in [-0.2, 0) is 4.74 Å². The monoisotopic (exact) mass is 375 g/mol. The van der Waals surface area contributed by atoms with Crippen molar-refractivity contribution in [2.45, 2.75) is 31.7 Å². The molecule has 2 saturated heterocycles. The highest BCUT2D eigenvalue weighted by atomic mass is 16.6. The molecule has 0 N–H and O–H groups in total. The number of rotatable bonds is 5. The third-order valence-corrected chi connectivity index (χ3v) is 5.24. The Morgan fingerprint density at radius 3 is 2.67 bits per heavy atom. The summed E-state index contributed by atoms with van der Waals surface area (Å²) in [5.41, 5.74) is 1.50. The predicted molar refractivity (Wildman–Crippen MR) is 102 cm³/mol. The maximum absolute atomic E-state index is 12.1. The van der Waals surface area contributed by atoms with Crippen LogP contribution in [0.5, 0.6) is 5.75 Å². The van der Waals surface area contributed by atoms with Crippen LogP contribution in [0.15, 0.2) is 18.7 Å². The van der Waals surface area contributed by atoms with Crippen molar-refractivity contribution in [2.24, 2.45) is 0 Å². The maximum Gasteiger partial charge on any atom is 0.410 e. The third kappa shape index (κ3) is 3.99. The van der Waals surface area contributed by atoms with Crippen molar-refractivity contribution in [3.05, 3.63) is 34.4 Å². The van der Waals surface area contributed by atoms with E-state index in [4.69, 9.17) is 9.47 Å². The van der Waals surface area contributed by atoms with E-state index in [9.17, 15) is 14.9 Å². The summed E-state index contributed by atoms with van der Waals surface area (Å²) in [6.07, 6.45) is 4.93. The Bertz CT molecular complexity index is 728. The normalized spacial score (nSPS) is 18.6. The summed E-state index contributed by atoms with van der Waals surface area (Å²) in [6, 6.07) is 3.37. The average Bonchev–Trinajstić information content (AvgIpc) is 2.91. The van der Waals surface area contributed by atoms with Gasteiger partial charge in [-0.3, -0.25) is 10.1 Å². The lowest BCUT2D eigenvalue weighted by Crippen LogP contribution is -2.47. The number of nitro groups is 1. The fourth-order valence-corrected chi connectivity index (χ4v) is 3.79. The van der Waals surface area contributed by atoms with Crippen molar-refractivity contribution in [2.75, 3.05) is 38.3 Å². The first kappa shape index (κ1) is 19.0. The standard InChI is InChI=1S/C19H25N3O5/c1-3-14-12-17(22(24)25)18(26-2)13-16(14)20-9-6-15(7-10-20)21-8-4-5-11-27-19(21)23/h3,12-13,15H,1,4-11H2,2H3. The molecule has 1 amide bonds. The summed E-state index contributed by atoms with van der Waals surface area (Å²) < 4.78 is 10.5. The number of ether oxygens (including phenoxy) is 2. The number of nitro benzene ring substituents is 1. The zero-order valence-electron chi connectivity index (χ0n) is 15.6. The summed E-state index contributed by atoms with van der Waals surface area (Å²) >= 11 is 0. The lowest BCUT2D eigenvalue weighted by Gasteiger charge is -2.39. The van der Waals surface area contributed by atoms with Gasteiger partial charge in [0.2, 0.25) is 0 Å². The van der Waals surface area contributed by atoms with Crippen molar-refractivity contribution in [3.63, 3.8) is 0 Å². The molecule has 0 spiro atoms. The van der Waals surface area contributed by atoms with Gasteiger partial charge in [-0.05, 0) is 25.7 Å². The quantitative estimate of drug-likeness (QED) is 0.579. The Balaban J connectivity index is 1.76. The zero-order valence-corrected chi connectivity index (χ0v) is 15.6. The SMILES string of the molecule is C=Cc1cc([N+](=O)[O-])c(OC)cc1N1CCC(N2CCCCOC2=O)CC1. The highest BCUT2D eigenvalue weighted by Crippen LogP contribution is 2.37. The van der Waals surface area contributed by atoms with Gasteiger partial charge < -0.3 is 19.3 Å². The highest BCUT2D eigenvalue weighted by molar-refractivity contribution is 5.73. The maximum atomic E-state index is 12.1. The van der Waals surface area contributed by atoms with Gasteiger partial charge in [-0.2, -0.15) is 0 Å². The number of nitrogens with zero attached hydrogens (tertiary/aromatic N) is 3. The topological polar surface area (TPSA) is 85.2 Å². The molecule has 2 aliphatic heterocycles. The number of piperidine rings is 1. The van der Waals surface area contributed by atoms with Crippen molar-refractivity contribution in [1.82, 2.24) is 4.90 Å². The number of carbonyl (C=O) groups excluding carboxylic acids is 1. The molecule has 2 heterocycles. The van der Waals surface area contributed by atoms with E-state index >= 15 is 0 Å². The summed E-state index contributed by atoms with van der Waals surface area (Å²) in [7, 11) is 1.43. The van der Waals surface area contributed by atoms with Crippen LogP contribution in [0.3, 0.4) is 0 Å². The molecule has 2 aliphatic rings. The second-order valence-corrected chi connectivity index (χ2v) is 6.78. The molecule has 0 saturated carbocycles. The number of methoxy groups -OCH3 is 1. The van der Waals surface area contributed by atoms with Gasteiger partial charge in [0.05, 0.1) is 18.6 Å². The van der Waals surface area contributed by atoms with E-state index in [1.165, 1.54) is 13.2 Å². The smallest absolute Gasteiger partial charge is 0.410 e. The van der Waals surface area contributed by atoms with Crippen molar-refractivity contribution in [3.8, 4) is 5.75 Å². The van der Waals surface area contributed by atoms with Gasteiger partial charge in [0.1, 0.15) is 0 Å². The number of cyclic esters (lactones) is 1. The summed E-state index contributed by atoms with van der Waals surface area (Å²) in [5, 5.41) is 11.2. The number of benzene rings is 1. The Labute approximate surface area is 158 Å². The second-order valence-electron chi connectivity index (χ2n) is 6.78. The van der Waals surface area contributed by atoms with Crippen LogP contribution in [0, 0.1) is 10.1 Å². The molecule has 146 valence electrons. The van der Waals surface area contributed by atoms with Crippen molar-refractivity contribution in [1.29, 1.82) is 0 Å². The van der Waals surface area contributed by atoms with Gasteiger partial charge in [-0.15, -0.1) is 0 Å².